The molecule has 0 unspecified atom stereocenters. The van der Waals surface area contributed by atoms with Crippen LogP contribution in [0.1, 0.15) is 36.3 Å². The molecule has 1 amide bonds. The topological polar surface area (TPSA) is 74.7 Å². The van der Waals surface area contributed by atoms with Crippen LogP contribution in [0.15, 0.2) is 12.3 Å². The minimum atomic E-state index is -0.237. The number of aromatic hydroxyl groups is 1. The minimum Gasteiger partial charge on any atom is -0.505 e. The molecule has 2 fully saturated rings. The first-order valence-corrected chi connectivity index (χ1v) is 8.26. The van der Waals surface area contributed by atoms with Crippen LogP contribution >= 0.6 is 0 Å². The van der Waals surface area contributed by atoms with E-state index in [4.69, 9.17) is 4.74 Å². The molecule has 1 aromatic rings. The number of hydrogen-bond acceptors (Lipinski definition) is 5. The summed E-state index contributed by atoms with van der Waals surface area (Å²) in [5.74, 6) is 0.188. The minimum absolute atomic E-state index is 0.0768. The second-order valence-corrected chi connectivity index (χ2v) is 6.97. The Balaban J connectivity index is 1.62. The standard InChI is InChI=1S/C17H25N3O3/c1-10(2)16-8-20-7-12(5-13(20)9-23-16)19-17(22)14-4-11(3)18-6-15(14)21/h4,6,10,12-13,16,21H,5,7-9H2,1-3H3,(H,19,22)/t12-,13-,16-/m0/s1. The van der Waals surface area contributed by atoms with E-state index >= 15 is 0 Å². The zero-order valence-electron chi connectivity index (χ0n) is 14.0. The number of amides is 1. The van der Waals surface area contributed by atoms with Gasteiger partial charge in [0.1, 0.15) is 5.75 Å². The first kappa shape index (κ1) is 16.2. The Morgan fingerprint density at radius 3 is 3.00 bits per heavy atom. The highest BCUT2D eigenvalue weighted by Gasteiger charge is 2.38. The predicted molar refractivity (Wildman–Crippen MR) is 86.4 cm³/mol. The van der Waals surface area contributed by atoms with Crippen molar-refractivity contribution in [2.75, 3.05) is 19.7 Å². The zero-order valence-corrected chi connectivity index (χ0v) is 14.0. The summed E-state index contributed by atoms with van der Waals surface area (Å²) in [6.45, 7) is 8.65. The third kappa shape index (κ3) is 3.48. The first-order chi connectivity index (χ1) is 10.9. The Hall–Kier alpha value is -1.66. The van der Waals surface area contributed by atoms with Crippen LogP contribution in [0.5, 0.6) is 5.75 Å². The van der Waals surface area contributed by atoms with Crippen molar-refractivity contribution >= 4 is 5.91 Å². The fraction of sp³-hybridized carbons (Fsp3) is 0.647. The van der Waals surface area contributed by atoms with Gasteiger partial charge >= 0.3 is 0 Å². The molecule has 3 atom stereocenters. The smallest absolute Gasteiger partial charge is 0.255 e. The van der Waals surface area contributed by atoms with Gasteiger partial charge in [-0.1, -0.05) is 13.8 Å². The molecule has 0 spiro atoms. The van der Waals surface area contributed by atoms with Crippen LogP contribution < -0.4 is 5.32 Å². The van der Waals surface area contributed by atoms with Gasteiger partial charge in [-0.2, -0.15) is 0 Å². The van der Waals surface area contributed by atoms with E-state index in [0.717, 1.165) is 26.1 Å². The summed E-state index contributed by atoms with van der Waals surface area (Å²) in [6.07, 6.45) is 2.48. The molecule has 3 heterocycles. The summed E-state index contributed by atoms with van der Waals surface area (Å²) in [6, 6.07) is 2.09. The Morgan fingerprint density at radius 2 is 2.26 bits per heavy atom. The highest BCUT2D eigenvalue weighted by atomic mass is 16.5. The molecular formula is C17H25N3O3. The van der Waals surface area contributed by atoms with Crippen LogP contribution in [-0.2, 0) is 4.74 Å². The molecule has 2 aliphatic heterocycles. The normalized spacial score (nSPS) is 27.9. The van der Waals surface area contributed by atoms with Crippen LogP contribution in [0.3, 0.4) is 0 Å². The number of pyridine rings is 1. The van der Waals surface area contributed by atoms with Gasteiger partial charge in [-0.15, -0.1) is 0 Å². The van der Waals surface area contributed by atoms with Crippen LogP contribution in [-0.4, -0.2) is 58.8 Å². The Labute approximate surface area is 136 Å². The molecule has 0 saturated carbocycles. The molecule has 0 bridgehead atoms. The molecule has 0 aromatic carbocycles. The van der Waals surface area contributed by atoms with Gasteiger partial charge in [-0.25, -0.2) is 0 Å². The third-order valence-electron chi connectivity index (χ3n) is 4.79. The molecule has 6 nitrogen and oxygen atoms in total. The number of carbonyl (C=O) groups excluding carboxylic acids is 1. The van der Waals surface area contributed by atoms with Gasteiger partial charge in [-0.05, 0) is 25.3 Å². The summed E-state index contributed by atoms with van der Waals surface area (Å²) in [5.41, 5.74) is 1.00. The van der Waals surface area contributed by atoms with Crippen molar-refractivity contribution in [2.45, 2.75) is 45.4 Å². The lowest BCUT2D eigenvalue weighted by molar-refractivity contribution is -0.0683. The maximum Gasteiger partial charge on any atom is 0.255 e. The summed E-state index contributed by atoms with van der Waals surface area (Å²) in [5, 5.41) is 12.9. The average molecular weight is 319 g/mol. The number of hydrogen-bond donors (Lipinski definition) is 2. The fourth-order valence-corrected chi connectivity index (χ4v) is 3.41. The fourth-order valence-electron chi connectivity index (χ4n) is 3.41. The lowest BCUT2D eigenvalue weighted by atomic mass is 10.0. The van der Waals surface area contributed by atoms with Gasteiger partial charge in [0.25, 0.3) is 5.91 Å². The summed E-state index contributed by atoms with van der Waals surface area (Å²) < 4.78 is 5.92. The third-order valence-corrected chi connectivity index (χ3v) is 4.79. The van der Waals surface area contributed by atoms with Crippen molar-refractivity contribution < 1.29 is 14.6 Å². The quantitative estimate of drug-likeness (QED) is 0.879. The lowest BCUT2D eigenvalue weighted by Crippen LogP contribution is -2.48. The molecule has 0 aliphatic carbocycles. The molecule has 3 rings (SSSR count). The summed E-state index contributed by atoms with van der Waals surface area (Å²) in [7, 11) is 0. The highest BCUT2D eigenvalue weighted by molar-refractivity contribution is 5.97. The molecule has 126 valence electrons. The van der Waals surface area contributed by atoms with Gasteiger partial charge in [-0.3, -0.25) is 14.7 Å². The molecule has 2 aliphatic rings. The number of aromatic nitrogens is 1. The predicted octanol–water partition coefficient (Wildman–Crippen LogP) is 1.32. The molecule has 0 radical (unpaired) electrons. The van der Waals surface area contributed by atoms with E-state index in [1.165, 1.54) is 6.20 Å². The number of nitrogens with zero attached hydrogens (tertiary/aromatic N) is 2. The van der Waals surface area contributed by atoms with Gasteiger partial charge in [0, 0.05) is 30.9 Å². The lowest BCUT2D eigenvalue weighted by Gasteiger charge is -2.36. The van der Waals surface area contributed by atoms with Gasteiger partial charge in [0.2, 0.25) is 0 Å². The van der Waals surface area contributed by atoms with Crippen molar-refractivity contribution in [2.24, 2.45) is 5.92 Å². The number of nitrogens with one attached hydrogen (secondary N) is 1. The number of rotatable bonds is 3. The second-order valence-electron chi connectivity index (χ2n) is 6.97. The van der Waals surface area contributed by atoms with Crippen molar-refractivity contribution in [3.8, 4) is 5.75 Å². The van der Waals surface area contributed by atoms with Crippen LogP contribution in [0.2, 0.25) is 0 Å². The number of fused-ring (bicyclic) bond motifs is 1. The Morgan fingerprint density at radius 1 is 1.48 bits per heavy atom. The number of carbonyl (C=O) groups is 1. The SMILES string of the molecule is Cc1cc(C(=O)N[C@H]2C[C@H]3CO[C@H](C(C)C)CN3C2)c(O)cn1. The highest BCUT2D eigenvalue weighted by Crippen LogP contribution is 2.26. The van der Waals surface area contributed by atoms with E-state index in [2.05, 4.69) is 29.0 Å². The maximum absolute atomic E-state index is 12.4. The Kier molecular flexibility index (Phi) is 4.55. The molecule has 2 N–H and O–H groups in total. The number of morpholine rings is 1. The van der Waals surface area contributed by atoms with Crippen LogP contribution in [0, 0.1) is 12.8 Å². The molecule has 1 aromatic heterocycles. The molecule has 6 heteroatoms. The monoisotopic (exact) mass is 319 g/mol. The average Bonchev–Trinajstić information content (AvgIpc) is 2.90. The molecule has 2 saturated heterocycles. The Bertz CT molecular complexity index is 590. The van der Waals surface area contributed by atoms with E-state index in [0.29, 0.717) is 23.2 Å². The van der Waals surface area contributed by atoms with Crippen molar-refractivity contribution in [1.29, 1.82) is 0 Å². The van der Waals surface area contributed by atoms with E-state index in [1.54, 1.807) is 13.0 Å². The summed E-state index contributed by atoms with van der Waals surface area (Å²) in [4.78, 5) is 18.8. The van der Waals surface area contributed by atoms with Crippen LogP contribution in [0.25, 0.3) is 0 Å². The largest absolute Gasteiger partial charge is 0.505 e. The zero-order chi connectivity index (χ0) is 16.6. The first-order valence-electron chi connectivity index (χ1n) is 8.26. The molecular weight excluding hydrogens is 294 g/mol. The van der Waals surface area contributed by atoms with Gasteiger partial charge < -0.3 is 15.2 Å². The van der Waals surface area contributed by atoms with E-state index in [-0.39, 0.29) is 23.8 Å². The van der Waals surface area contributed by atoms with Crippen molar-refractivity contribution in [3.63, 3.8) is 0 Å². The van der Waals surface area contributed by atoms with Crippen molar-refractivity contribution in [1.82, 2.24) is 15.2 Å². The summed E-state index contributed by atoms with van der Waals surface area (Å²) >= 11 is 0. The van der Waals surface area contributed by atoms with Crippen molar-refractivity contribution in [3.05, 3.63) is 23.5 Å². The van der Waals surface area contributed by atoms with E-state index in [1.807, 2.05) is 0 Å². The maximum atomic E-state index is 12.4. The van der Waals surface area contributed by atoms with Crippen LogP contribution in [0.4, 0.5) is 0 Å². The van der Waals surface area contributed by atoms with Gasteiger partial charge in [0.15, 0.2) is 0 Å². The second kappa shape index (κ2) is 6.45. The number of ether oxygens (including phenoxy) is 1. The van der Waals surface area contributed by atoms with E-state index < -0.39 is 0 Å². The molecule has 23 heavy (non-hydrogen) atoms. The van der Waals surface area contributed by atoms with E-state index in [9.17, 15) is 9.90 Å². The number of aryl methyl sites for hydroxylation is 1. The van der Waals surface area contributed by atoms with Gasteiger partial charge in [0.05, 0.1) is 24.5 Å².